The van der Waals surface area contributed by atoms with Crippen molar-refractivity contribution in [3.8, 4) is 72.4 Å². The zero-order valence-electron chi connectivity index (χ0n) is 65.1. The second-order valence-electron chi connectivity index (χ2n) is 15.0. The van der Waals surface area contributed by atoms with Crippen LogP contribution in [-0.2, 0) is 0 Å². The molecule has 0 atom stereocenters. The Labute approximate surface area is 440 Å². The maximum Gasteiger partial charge on any atom is 0.0645 e. The van der Waals surface area contributed by atoms with Crippen molar-refractivity contribution in [1.29, 1.82) is 0 Å². The van der Waals surface area contributed by atoms with E-state index in [0.717, 1.165) is 27.7 Å². The lowest BCUT2D eigenvalue weighted by molar-refractivity contribution is 1.18. The van der Waals surface area contributed by atoms with Crippen LogP contribution in [0, 0.1) is 0 Å². The highest BCUT2D eigenvalue weighted by Crippen LogP contribution is 2.41. The molecule has 0 bridgehead atoms. The van der Waals surface area contributed by atoms with E-state index in [4.69, 9.17) is 20.6 Å². The number of aromatic nitrogens is 1. The average Bonchev–Trinajstić information content (AvgIpc) is 0.964. The Morgan fingerprint density at radius 3 is 1.25 bits per heavy atom. The molecule has 12 aromatic rings. The standard InChI is InChI=1S/C66H46N2/c1-4-14-47(15-5-1)49-24-26-50(27-25-49)52-28-37-57(38-29-52)67(59-43-34-55(35-44-59)62-21-11-10-20-61(62)54-18-8-3-9-19-54)58-39-32-53(33-40-58)56-36-45-66-64(46-56)63-22-12-13-23-65(63)68(66)60-41-30-51(31-42-60)48-16-6-2-7-17-48/h1-46H/i1D,3D,4D,5D,8D,9D,10D,11D,14D,15D,18D,19D,20D,21D,24D,25D,26D,27D,28D,29D,32D,33D,34D,35D,37D,38D,39D,40D,43D,44D. The molecule has 0 aliphatic heterocycles. The summed E-state index contributed by atoms with van der Waals surface area (Å²) < 4.78 is 276. The normalized spacial score (nSPS) is 17.4. The Kier molecular flexibility index (Phi) is 5.19. The third-order valence-electron chi connectivity index (χ3n) is 11.0. The molecule has 0 amide bonds. The van der Waals surface area contributed by atoms with Gasteiger partial charge in [0.1, 0.15) is 0 Å². The molecule has 68 heavy (non-hydrogen) atoms. The number of anilines is 3. The summed E-state index contributed by atoms with van der Waals surface area (Å²) in [7, 11) is 0. The van der Waals surface area contributed by atoms with Gasteiger partial charge in [0.15, 0.2) is 0 Å². The molecule has 1 aromatic heterocycles. The maximum atomic E-state index is 9.88. The van der Waals surface area contributed by atoms with Gasteiger partial charge in [0.25, 0.3) is 0 Å². The molecule has 2 nitrogen and oxygen atoms in total. The van der Waals surface area contributed by atoms with Crippen molar-refractivity contribution >= 4 is 38.9 Å². The van der Waals surface area contributed by atoms with Gasteiger partial charge in [0, 0.05) is 33.5 Å². The molecule has 2 heteroatoms. The zero-order chi connectivity index (χ0) is 71.3. The summed E-state index contributed by atoms with van der Waals surface area (Å²) in [5.74, 6) is 0. The lowest BCUT2D eigenvalue weighted by Gasteiger charge is -2.26. The number of hydrogen-bond donors (Lipinski definition) is 0. The minimum atomic E-state index is -1.29. The molecule has 0 aliphatic carbocycles. The molecular weight excluding hydrogens is 821 g/mol. The smallest absolute Gasteiger partial charge is 0.0645 e. The molecule has 0 unspecified atom stereocenters. The van der Waals surface area contributed by atoms with Gasteiger partial charge >= 0.3 is 0 Å². The van der Waals surface area contributed by atoms with Crippen LogP contribution in [0.3, 0.4) is 0 Å². The van der Waals surface area contributed by atoms with Gasteiger partial charge < -0.3 is 9.47 Å². The third-order valence-corrected chi connectivity index (χ3v) is 11.0. The molecule has 0 radical (unpaired) electrons. The topological polar surface area (TPSA) is 8.17 Å². The molecule has 0 fully saturated rings. The fourth-order valence-corrected chi connectivity index (χ4v) is 7.82. The predicted octanol–water partition coefficient (Wildman–Crippen LogP) is 18.3. The SMILES string of the molecule is [2H]c1c([2H])c([2H])c(-c2c([2H])c([2H])c(-c3c([2H])c([2H])c(N(c4c([2H])c([2H])c(-c5ccc6c(c5)c5ccccc5n6-c5ccc(-c6ccccc6)cc5)c([2H])c4[2H])c4c([2H])c([2H])c(-c5c([2H])c([2H])c([2H])c([2H])c5-c5c([2H])c([2H])c([2H])c([2H])c5[2H])c([2H])c4[2H])c([2H])c3[2H])c([2H])c2[2H])c([2H])c1[2H]. The van der Waals surface area contributed by atoms with Gasteiger partial charge in [-0.2, -0.15) is 0 Å². The molecule has 0 saturated carbocycles. The first-order valence-electron chi connectivity index (χ1n) is 35.9. The van der Waals surface area contributed by atoms with Gasteiger partial charge in [-0.1, -0.05) is 212 Å². The Morgan fingerprint density at radius 1 is 0.279 bits per heavy atom. The fourth-order valence-electron chi connectivity index (χ4n) is 7.82. The predicted molar refractivity (Wildman–Crippen MR) is 288 cm³/mol. The van der Waals surface area contributed by atoms with Crippen molar-refractivity contribution in [1.82, 2.24) is 4.57 Å². The van der Waals surface area contributed by atoms with E-state index in [-0.39, 0.29) is 11.1 Å². The van der Waals surface area contributed by atoms with Crippen LogP contribution in [-0.4, -0.2) is 4.57 Å². The molecule has 12 rings (SSSR count). The Morgan fingerprint density at radius 2 is 0.676 bits per heavy atom. The minimum Gasteiger partial charge on any atom is -0.311 e. The van der Waals surface area contributed by atoms with Crippen molar-refractivity contribution in [2.45, 2.75) is 0 Å². The van der Waals surface area contributed by atoms with E-state index >= 15 is 0 Å². The lowest BCUT2D eigenvalue weighted by atomic mass is 9.94. The van der Waals surface area contributed by atoms with Crippen LogP contribution in [0.4, 0.5) is 17.1 Å². The first-order chi connectivity index (χ1) is 46.2. The van der Waals surface area contributed by atoms with Crippen molar-refractivity contribution < 1.29 is 41.1 Å². The Balaban J connectivity index is 1.13. The summed E-state index contributed by atoms with van der Waals surface area (Å²) in [5, 5.41) is 1.32. The summed E-state index contributed by atoms with van der Waals surface area (Å²) in [5.41, 5.74) is -6.38. The third kappa shape index (κ3) is 7.74. The van der Waals surface area contributed by atoms with E-state index in [0.29, 0.717) is 15.8 Å². The van der Waals surface area contributed by atoms with Gasteiger partial charge in [-0.15, -0.1) is 0 Å². The maximum absolute atomic E-state index is 9.88. The first-order valence-corrected chi connectivity index (χ1v) is 20.9. The number of hydrogen-bond acceptors (Lipinski definition) is 1. The summed E-state index contributed by atoms with van der Waals surface area (Å²) in [6.45, 7) is 0. The second-order valence-corrected chi connectivity index (χ2v) is 15.0. The van der Waals surface area contributed by atoms with E-state index in [1.54, 1.807) is 18.2 Å². The summed E-state index contributed by atoms with van der Waals surface area (Å²) in [4.78, 5) is 0.396. The van der Waals surface area contributed by atoms with Crippen LogP contribution in [0.2, 0.25) is 0 Å². The van der Waals surface area contributed by atoms with Crippen LogP contribution in [0.15, 0.2) is 278 Å². The van der Waals surface area contributed by atoms with Gasteiger partial charge in [-0.3, -0.25) is 0 Å². The Bertz CT molecular complexity index is 5340. The van der Waals surface area contributed by atoms with Crippen LogP contribution < -0.4 is 4.90 Å². The fraction of sp³-hybridized carbons (Fsp3) is 0. The lowest BCUT2D eigenvalue weighted by Crippen LogP contribution is -2.09. The number of benzene rings is 11. The number of para-hydroxylation sites is 1. The summed E-state index contributed by atoms with van der Waals surface area (Å²) >= 11 is 0. The number of nitrogens with zero attached hydrogens (tertiary/aromatic N) is 2. The van der Waals surface area contributed by atoms with E-state index in [1.807, 2.05) is 83.4 Å². The molecular formula is C66H46N2. The average molecular weight is 897 g/mol. The highest BCUT2D eigenvalue weighted by molar-refractivity contribution is 6.10. The van der Waals surface area contributed by atoms with Crippen molar-refractivity contribution in [2.75, 3.05) is 4.90 Å². The van der Waals surface area contributed by atoms with Crippen LogP contribution in [0.1, 0.15) is 41.1 Å². The van der Waals surface area contributed by atoms with Gasteiger partial charge in [-0.05, 0) is 133 Å². The summed E-state index contributed by atoms with van der Waals surface area (Å²) in [6, 6.07) is -1.58. The first kappa shape index (κ1) is 19.9. The molecule has 1 heterocycles. The molecule has 0 aliphatic rings. The van der Waals surface area contributed by atoms with Crippen LogP contribution >= 0.6 is 0 Å². The van der Waals surface area contributed by atoms with E-state index in [9.17, 15) is 20.6 Å². The molecule has 11 aromatic carbocycles. The largest absolute Gasteiger partial charge is 0.311 e. The van der Waals surface area contributed by atoms with E-state index in [1.165, 1.54) is 0 Å². The highest BCUT2D eigenvalue weighted by atomic mass is 15.1. The zero-order valence-corrected chi connectivity index (χ0v) is 35.1. The molecule has 0 spiro atoms. The van der Waals surface area contributed by atoms with Crippen LogP contribution in [0.5, 0.6) is 0 Å². The van der Waals surface area contributed by atoms with E-state index in [2.05, 4.69) is 0 Å². The quantitative estimate of drug-likeness (QED) is 0.133. The van der Waals surface area contributed by atoms with Crippen molar-refractivity contribution in [2.24, 2.45) is 0 Å². The van der Waals surface area contributed by atoms with E-state index < -0.39 is 243 Å². The van der Waals surface area contributed by atoms with Crippen molar-refractivity contribution in [3.63, 3.8) is 0 Å². The van der Waals surface area contributed by atoms with Gasteiger partial charge in [0.05, 0.1) is 52.2 Å². The van der Waals surface area contributed by atoms with Crippen molar-refractivity contribution in [3.05, 3.63) is 278 Å². The van der Waals surface area contributed by atoms with Gasteiger partial charge in [-0.25, -0.2) is 0 Å². The number of fused-ring (bicyclic) bond motifs is 3. The second kappa shape index (κ2) is 17.8. The molecule has 0 saturated heterocycles. The highest BCUT2D eigenvalue weighted by Gasteiger charge is 2.17. The molecule has 320 valence electrons. The molecule has 0 N–H and O–H groups in total. The minimum absolute atomic E-state index is 0.122. The number of rotatable bonds is 10. The Hall–Kier alpha value is -8.98. The summed E-state index contributed by atoms with van der Waals surface area (Å²) in [6.07, 6.45) is 0. The van der Waals surface area contributed by atoms with Crippen LogP contribution in [0.25, 0.3) is 94.3 Å². The monoisotopic (exact) mass is 897 g/mol. The van der Waals surface area contributed by atoms with Gasteiger partial charge in [0.2, 0.25) is 0 Å².